The monoisotopic (exact) mass is 554 g/mol. The third kappa shape index (κ3) is 5.84. The van der Waals surface area contributed by atoms with Gasteiger partial charge in [0.2, 0.25) is 0 Å². The van der Waals surface area contributed by atoms with Gasteiger partial charge >= 0.3 is 0 Å². The van der Waals surface area contributed by atoms with Crippen LogP contribution in [0.25, 0.3) is 17.1 Å². The van der Waals surface area contributed by atoms with Crippen LogP contribution in [0.1, 0.15) is 29.8 Å². The van der Waals surface area contributed by atoms with Crippen LogP contribution in [0.4, 0.5) is 5.69 Å². The molecule has 1 fully saturated rings. The average Bonchev–Trinajstić information content (AvgIpc) is 3.70. The van der Waals surface area contributed by atoms with Gasteiger partial charge in [0.1, 0.15) is 0 Å². The minimum Gasteiger partial charge on any atom is -0.372 e. The molecule has 0 spiro atoms. The molecular formula is C31H34N6O4. The van der Waals surface area contributed by atoms with Gasteiger partial charge in [-0.2, -0.15) is 5.10 Å². The molecule has 4 aromatic rings. The Hall–Kier alpha value is -4.54. The number of carbonyl (C=O) groups is 2. The van der Waals surface area contributed by atoms with Crippen LogP contribution < -0.4 is 16.0 Å². The van der Waals surface area contributed by atoms with E-state index in [1.165, 1.54) is 0 Å². The molecule has 1 saturated heterocycles. The van der Waals surface area contributed by atoms with Gasteiger partial charge in [-0.25, -0.2) is 9.67 Å². The van der Waals surface area contributed by atoms with Gasteiger partial charge in [-0.3, -0.25) is 9.59 Å². The van der Waals surface area contributed by atoms with Crippen LogP contribution in [0.3, 0.4) is 0 Å². The zero-order valence-electron chi connectivity index (χ0n) is 23.2. The average molecular weight is 555 g/mol. The van der Waals surface area contributed by atoms with Crippen molar-refractivity contribution in [1.82, 2.24) is 20.1 Å². The van der Waals surface area contributed by atoms with Crippen molar-refractivity contribution in [2.24, 2.45) is 5.73 Å². The Kier molecular flexibility index (Phi) is 8.42. The summed E-state index contributed by atoms with van der Waals surface area (Å²) in [6.07, 6.45) is 3.63. The van der Waals surface area contributed by atoms with Gasteiger partial charge in [0.05, 0.1) is 30.5 Å². The number of hydrogen-bond acceptors (Lipinski definition) is 7. The van der Waals surface area contributed by atoms with Crippen molar-refractivity contribution in [1.29, 1.82) is 0 Å². The smallest absolute Gasteiger partial charge is 0.280 e. The summed E-state index contributed by atoms with van der Waals surface area (Å²) in [5.74, 6) is -2.71. The number of anilines is 1. The third-order valence-electron chi connectivity index (χ3n) is 7.24. The topological polar surface area (TPSA) is 125 Å². The normalized spacial score (nSPS) is 14.9. The Morgan fingerprint density at radius 1 is 1.00 bits per heavy atom. The van der Waals surface area contributed by atoms with Crippen LogP contribution in [0.15, 0.2) is 85.2 Å². The largest absolute Gasteiger partial charge is 0.372 e. The minimum atomic E-state index is -1.79. The summed E-state index contributed by atoms with van der Waals surface area (Å²) >= 11 is 0. The van der Waals surface area contributed by atoms with Gasteiger partial charge in [0, 0.05) is 36.7 Å². The van der Waals surface area contributed by atoms with Gasteiger partial charge in [-0.15, -0.1) is 0 Å². The van der Waals surface area contributed by atoms with Gasteiger partial charge in [-0.1, -0.05) is 42.5 Å². The first kappa shape index (κ1) is 28.0. The maximum Gasteiger partial charge on any atom is 0.280 e. The summed E-state index contributed by atoms with van der Waals surface area (Å²) in [6.45, 7) is 6.50. The molecule has 0 bridgehead atoms. The summed E-state index contributed by atoms with van der Waals surface area (Å²) in [5.41, 5.74) is 9.75. The summed E-state index contributed by atoms with van der Waals surface area (Å²) < 4.78 is 13.0. The van der Waals surface area contributed by atoms with Crippen LogP contribution in [0.2, 0.25) is 0 Å². The van der Waals surface area contributed by atoms with E-state index in [0.717, 1.165) is 35.6 Å². The number of amides is 2. The van der Waals surface area contributed by atoms with Crippen molar-refractivity contribution < 1.29 is 19.1 Å². The van der Waals surface area contributed by atoms with Crippen molar-refractivity contribution in [2.45, 2.75) is 32.1 Å². The van der Waals surface area contributed by atoms with Gasteiger partial charge in [0.25, 0.3) is 17.6 Å². The number of carbonyl (C=O) groups excluding carboxylic acids is 2. The molecule has 1 aliphatic heterocycles. The molecule has 10 nitrogen and oxygen atoms in total. The van der Waals surface area contributed by atoms with Gasteiger partial charge in [-0.05, 0) is 56.2 Å². The van der Waals surface area contributed by atoms with E-state index in [2.05, 4.69) is 41.2 Å². The zero-order valence-corrected chi connectivity index (χ0v) is 23.2. The highest BCUT2D eigenvalue weighted by atomic mass is 16.7. The van der Waals surface area contributed by atoms with Gasteiger partial charge < -0.3 is 25.4 Å². The van der Waals surface area contributed by atoms with E-state index in [0.29, 0.717) is 5.82 Å². The number of hydrogen-bond donors (Lipinski definition) is 2. The number of benzene rings is 2. The second kappa shape index (κ2) is 12.3. The predicted octanol–water partition coefficient (Wildman–Crippen LogP) is 3.35. The van der Waals surface area contributed by atoms with E-state index >= 15 is 0 Å². The molecule has 0 aliphatic carbocycles. The maximum atomic E-state index is 13.7. The molecule has 212 valence electrons. The first-order chi connectivity index (χ1) is 19.9. The van der Waals surface area contributed by atoms with Gasteiger partial charge in [0.15, 0.2) is 5.82 Å². The molecule has 1 unspecified atom stereocenters. The highest BCUT2D eigenvalue weighted by molar-refractivity contribution is 5.98. The Bertz CT molecular complexity index is 1480. The summed E-state index contributed by atoms with van der Waals surface area (Å²) in [6, 6.07) is 22.0. The Labute approximate surface area is 239 Å². The first-order valence-electron chi connectivity index (χ1n) is 13.7. The molecule has 10 heteroatoms. The minimum absolute atomic E-state index is 0.189. The number of ether oxygens (including phenoxy) is 2. The number of rotatable bonds is 11. The van der Waals surface area contributed by atoms with Crippen molar-refractivity contribution in [3.8, 4) is 17.1 Å². The zero-order chi connectivity index (χ0) is 28.8. The summed E-state index contributed by atoms with van der Waals surface area (Å²) in [7, 11) is 0. The van der Waals surface area contributed by atoms with E-state index in [1.54, 1.807) is 29.2 Å². The number of primary amides is 1. The maximum absolute atomic E-state index is 13.7. The molecule has 41 heavy (non-hydrogen) atoms. The van der Waals surface area contributed by atoms with E-state index in [-0.39, 0.29) is 25.2 Å². The lowest BCUT2D eigenvalue weighted by molar-refractivity contribution is -0.189. The highest BCUT2D eigenvalue weighted by Gasteiger charge is 2.51. The molecule has 3 heterocycles. The van der Waals surface area contributed by atoms with Crippen molar-refractivity contribution >= 4 is 17.5 Å². The predicted molar refractivity (Wildman–Crippen MR) is 156 cm³/mol. The summed E-state index contributed by atoms with van der Waals surface area (Å²) in [5, 5.41) is 7.66. The van der Waals surface area contributed by atoms with Crippen molar-refractivity contribution in [3.05, 3.63) is 96.3 Å². The van der Waals surface area contributed by atoms with Crippen LogP contribution in [0, 0.1) is 0 Å². The Balaban J connectivity index is 1.42. The van der Waals surface area contributed by atoms with Crippen LogP contribution in [-0.2, 0) is 20.7 Å². The number of nitrogens with one attached hydrogen (secondary N) is 1. The molecule has 5 rings (SSSR count). The number of pyridine rings is 1. The van der Waals surface area contributed by atoms with Crippen molar-refractivity contribution in [2.75, 3.05) is 31.2 Å². The second-order valence-corrected chi connectivity index (χ2v) is 9.68. The molecule has 2 amide bonds. The van der Waals surface area contributed by atoms with Crippen molar-refractivity contribution in [3.63, 3.8) is 0 Å². The molecule has 3 N–H and O–H groups in total. The molecule has 1 aliphatic rings. The standard InChI is InChI=1S/C31H34N6O4/c1-3-36(4-2)24-14-12-23(13-15-24)26-16-18-37(35-26)28-25(11-8-17-33-28)29(38)34-27(21-22-9-6-5-7-10-22)31(30(32)39)40-19-20-41-31/h5-18,27H,3-4,19-21H2,1-2H3,(H2,32,39)(H,34,38). The van der Waals surface area contributed by atoms with Crippen LogP contribution in [0.5, 0.6) is 0 Å². The Morgan fingerprint density at radius 3 is 2.37 bits per heavy atom. The van der Waals surface area contributed by atoms with E-state index in [1.807, 2.05) is 48.5 Å². The summed E-state index contributed by atoms with van der Waals surface area (Å²) in [4.78, 5) is 33.1. The van der Waals surface area contributed by atoms with Crippen LogP contribution >= 0.6 is 0 Å². The lowest BCUT2D eigenvalue weighted by Gasteiger charge is -2.33. The fraction of sp³-hybridized carbons (Fsp3) is 0.290. The third-order valence-corrected chi connectivity index (χ3v) is 7.24. The molecule has 2 aromatic heterocycles. The fourth-order valence-corrected chi connectivity index (χ4v) is 5.09. The molecule has 2 aromatic carbocycles. The highest BCUT2D eigenvalue weighted by Crippen LogP contribution is 2.27. The van der Waals surface area contributed by atoms with E-state index < -0.39 is 23.6 Å². The SMILES string of the molecule is CCN(CC)c1ccc(-c2ccn(-c3ncccc3C(=O)NC(Cc3ccccc3)C3(C(N)=O)OCCO3)n2)cc1. The molecule has 1 atom stereocenters. The van der Waals surface area contributed by atoms with Crippen LogP contribution in [-0.4, -0.2) is 64.7 Å². The fourth-order valence-electron chi connectivity index (χ4n) is 5.09. The molecule has 0 radical (unpaired) electrons. The molecule has 0 saturated carbocycles. The lowest BCUT2D eigenvalue weighted by Crippen LogP contribution is -2.61. The number of nitrogens with two attached hydrogens (primary N) is 1. The number of nitrogens with zero attached hydrogens (tertiary/aromatic N) is 4. The number of aromatic nitrogens is 3. The lowest BCUT2D eigenvalue weighted by atomic mass is 9.97. The quantitative estimate of drug-likeness (QED) is 0.291. The van der Waals surface area contributed by atoms with E-state index in [9.17, 15) is 9.59 Å². The Morgan fingerprint density at radius 2 is 1.71 bits per heavy atom. The first-order valence-corrected chi connectivity index (χ1v) is 13.7. The van der Waals surface area contributed by atoms with E-state index in [4.69, 9.17) is 20.3 Å². The second-order valence-electron chi connectivity index (χ2n) is 9.68. The molecular weight excluding hydrogens is 520 g/mol.